The SMILES string of the molecule is COC(=O)NCCc1ccc(OC(F)(F)C(F)(F)[Si](C)(C)C)cc1. The van der Waals surface area contributed by atoms with Crippen LogP contribution in [0.2, 0.25) is 19.6 Å². The Bertz CT molecular complexity index is 559. The molecular weight excluding hydrogens is 346 g/mol. The van der Waals surface area contributed by atoms with Crippen molar-refractivity contribution in [2.45, 2.75) is 37.7 Å². The van der Waals surface area contributed by atoms with Crippen LogP contribution in [0.1, 0.15) is 5.56 Å². The van der Waals surface area contributed by atoms with Crippen LogP contribution in [0, 0.1) is 0 Å². The Kier molecular flexibility index (Phi) is 6.26. The molecule has 0 aliphatic heterocycles. The van der Waals surface area contributed by atoms with E-state index in [2.05, 4.69) is 14.8 Å². The van der Waals surface area contributed by atoms with E-state index in [1.165, 1.54) is 31.4 Å². The summed E-state index contributed by atoms with van der Waals surface area (Å²) in [5.74, 6) is -0.345. The zero-order chi connectivity index (χ0) is 18.6. The first-order chi connectivity index (χ1) is 10.9. The Morgan fingerprint density at radius 3 is 2.12 bits per heavy atom. The normalized spacial score (nSPS) is 12.7. The van der Waals surface area contributed by atoms with Crippen LogP contribution >= 0.6 is 0 Å². The lowest BCUT2D eigenvalue weighted by Gasteiger charge is -2.34. The second-order valence-electron chi connectivity index (χ2n) is 6.26. The molecule has 0 saturated heterocycles. The minimum Gasteiger partial charge on any atom is -0.453 e. The number of hydrogen-bond donors (Lipinski definition) is 1. The number of benzene rings is 1. The zero-order valence-corrected chi connectivity index (χ0v) is 15.0. The molecule has 0 aromatic heterocycles. The summed E-state index contributed by atoms with van der Waals surface area (Å²) in [7, 11) is -2.24. The Hall–Kier alpha value is -1.77. The zero-order valence-electron chi connectivity index (χ0n) is 14.0. The number of nitrogens with one attached hydrogen (secondary N) is 1. The van der Waals surface area contributed by atoms with E-state index in [1.54, 1.807) is 0 Å². The Morgan fingerprint density at radius 1 is 1.12 bits per heavy atom. The molecule has 1 aromatic rings. The molecule has 1 amide bonds. The topological polar surface area (TPSA) is 47.6 Å². The number of ether oxygens (including phenoxy) is 2. The van der Waals surface area contributed by atoms with Crippen LogP contribution in [0.25, 0.3) is 0 Å². The molecule has 0 unspecified atom stereocenters. The first kappa shape index (κ1) is 20.3. The van der Waals surface area contributed by atoms with E-state index in [9.17, 15) is 22.4 Å². The number of carbonyl (C=O) groups excluding carboxylic acids is 1. The molecule has 0 bridgehead atoms. The second-order valence-corrected chi connectivity index (χ2v) is 11.4. The molecule has 0 aliphatic rings. The summed E-state index contributed by atoms with van der Waals surface area (Å²) in [6.07, 6.45) is -4.73. The fourth-order valence-corrected chi connectivity index (χ4v) is 2.68. The summed E-state index contributed by atoms with van der Waals surface area (Å²) in [5, 5.41) is 2.46. The van der Waals surface area contributed by atoms with Gasteiger partial charge >= 0.3 is 17.7 Å². The molecule has 0 spiro atoms. The van der Waals surface area contributed by atoms with E-state index < -0.39 is 25.8 Å². The molecular formula is C15H21F4NO3Si. The van der Waals surface area contributed by atoms with Gasteiger partial charge in [0.1, 0.15) is 13.8 Å². The van der Waals surface area contributed by atoms with E-state index >= 15 is 0 Å². The summed E-state index contributed by atoms with van der Waals surface area (Å²) in [4.78, 5) is 10.9. The first-order valence-corrected chi connectivity index (χ1v) is 10.8. The highest BCUT2D eigenvalue weighted by Crippen LogP contribution is 2.42. The molecule has 0 radical (unpaired) electrons. The standard InChI is InChI=1S/C15H21F4NO3Si/c1-22-13(21)20-10-9-11-5-7-12(8-6-11)23-14(16,17)15(18,19)24(2,3)4/h5-8H,9-10H2,1-4H3,(H,20,21). The maximum atomic E-state index is 13.9. The average molecular weight is 367 g/mol. The van der Waals surface area contributed by atoms with Crippen molar-refractivity contribution in [3.63, 3.8) is 0 Å². The molecule has 24 heavy (non-hydrogen) atoms. The highest BCUT2D eigenvalue weighted by molar-refractivity contribution is 6.78. The van der Waals surface area contributed by atoms with E-state index in [0.29, 0.717) is 6.42 Å². The predicted molar refractivity (Wildman–Crippen MR) is 84.4 cm³/mol. The van der Waals surface area contributed by atoms with Gasteiger partial charge < -0.3 is 14.8 Å². The van der Waals surface area contributed by atoms with Crippen LogP contribution < -0.4 is 10.1 Å². The van der Waals surface area contributed by atoms with Gasteiger partial charge in [-0.1, -0.05) is 31.8 Å². The summed E-state index contributed by atoms with van der Waals surface area (Å²) < 4.78 is 64.1. The van der Waals surface area contributed by atoms with Crippen molar-refractivity contribution in [2.75, 3.05) is 13.7 Å². The lowest BCUT2D eigenvalue weighted by atomic mass is 10.1. The molecule has 0 saturated carbocycles. The molecule has 9 heteroatoms. The monoisotopic (exact) mass is 367 g/mol. The molecule has 1 N–H and O–H groups in total. The van der Waals surface area contributed by atoms with Gasteiger partial charge in [0.2, 0.25) is 0 Å². The van der Waals surface area contributed by atoms with Gasteiger partial charge in [0.05, 0.1) is 7.11 Å². The second kappa shape index (κ2) is 7.41. The van der Waals surface area contributed by atoms with Gasteiger partial charge in [0.25, 0.3) is 0 Å². The fourth-order valence-electron chi connectivity index (χ4n) is 1.75. The number of halogens is 4. The minimum atomic E-state index is -4.58. The molecule has 136 valence electrons. The van der Waals surface area contributed by atoms with Crippen molar-refractivity contribution in [1.29, 1.82) is 0 Å². The number of amides is 1. The van der Waals surface area contributed by atoms with Crippen LogP contribution in [-0.2, 0) is 11.2 Å². The summed E-state index contributed by atoms with van der Waals surface area (Å²) in [6.45, 7) is 3.75. The van der Waals surface area contributed by atoms with Crippen molar-refractivity contribution >= 4 is 14.2 Å². The lowest BCUT2D eigenvalue weighted by Crippen LogP contribution is -2.59. The van der Waals surface area contributed by atoms with E-state index in [4.69, 9.17) is 0 Å². The minimum absolute atomic E-state index is 0.288. The van der Waals surface area contributed by atoms with Crippen LogP contribution in [0.3, 0.4) is 0 Å². The van der Waals surface area contributed by atoms with Crippen LogP contribution in [0.15, 0.2) is 24.3 Å². The number of hydrogen-bond acceptors (Lipinski definition) is 3. The van der Waals surface area contributed by atoms with Crippen LogP contribution in [0.5, 0.6) is 5.75 Å². The maximum Gasteiger partial charge on any atom is 0.459 e. The number of methoxy groups -OCH3 is 1. The number of alkyl carbamates (subject to hydrolysis) is 1. The predicted octanol–water partition coefficient (Wildman–Crippen LogP) is 4.07. The highest BCUT2D eigenvalue weighted by Gasteiger charge is 2.66. The van der Waals surface area contributed by atoms with E-state index in [-0.39, 0.29) is 12.3 Å². The summed E-state index contributed by atoms with van der Waals surface area (Å²) in [6, 6.07) is 5.33. The van der Waals surface area contributed by atoms with Gasteiger partial charge in [0, 0.05) is 6.54 Å². The van der Waals surface area contributed by atoms with Gasteiger partial charge in [-0.25, -0.2) is 13.6 Å². The molecule has 1 aromatic carbocycles. The summed E-state index contributed by atoms with van der Waals surface area (Å²) >= 11 is 0. The van der Waals surface area contributed by atoms with E-state index in [1.807, 2.05) is 0 Å². The van der Waals surface area contributed by atoms with Crippen molar-refractivity contribution < 1.29 is 31.8 Å². The van der Waals surface area contributed by atoms with Crippen LogP contribution in [-0.4, -0.2) is 39.5 Å². The smallest absolute Gasteiger partial charge is 0.453 e. The summed E-state index contributed by atoms with van der Waals surface area (Å²) in [5.41, 5.74) is -3.48. The highest BCUT2D eigenvalue weighted by atomic mass is 28.3. The van der Waals surface area contributed by atoms with Gasteiger partial charge in [-0.05, 0) is 24.1 Å². The lowest BCUT2D eigenvalue weighted by molar-refractivity contribution is -0.278. The largest absolute Gasteiger partial charge is 0.459 e. The molecule has 0 aliphatic carbocycles. The van der Waals surface area contributed by atoms with Gasteiger partial charge in [-0.15, -0.1) is 0 Å². The number of alkyl halides is 4. The first-order valence-electron chi connectivity index (χ1n) is 7.26. The Balaban J connectivity index is 2.71. The van der Waals surface area contributed by atoms with Gasteiger partial charge in [0.15, 0.2) is 0 Å². The quantitative estimate of drug-likeness (QED) is 0.584. The van der Waals surface area contributed by atoms with Gasteiger partial charge in [-0.3, -0.25) is 0 Å². The van der Waals surface area contributed by atoms with Gasteiger partial charge in [-0.2, -0.15) is 8.78 Å². The number of rotatable bonds is 7. The molecule has 1 rings (SSSR count). The van der Waals surface area contributed by atoms with E-state index in [0.717, 1.165) is 25.2 Å². The average Bonchev–Trinajstić information content (AvgIpc) is 2.47. The van der Waals surface area contributed by atoms with Crippen molar-refractivity contribution in [2.24, 2.45) is 0 Å². The third-order valence-corrected chi connectivity index (χ3v) is 5.52. The third kappa shape index (κ3) is 4.86. The maximum absolute atomic E-state index is 13.9. The number of carbonyl (C=O) groups is 1. The van der Waals surface area contributed by atoms with Crippen molar-refractivity contribution in [1.82, 2.24) is 5.32 Å². The Morgan fingerprint density at radius 2 is 1.67 bits per heavy atom. The fraction of sp³-hybridized carbons (Fsp3) is 0.533. The Labute approximate surface area is 139 Å². The van der Waals surface area contributed by atoms with Crippen LogP contribution in [0.4, 0.5) is 22.4 Å². The molecule has 0 fully saturated rings. The molecule has 0 atom stereocenters. The molecule has 0 heterocycles. The van der Waals surface area contributed by atoms with Crippen molar-refractivity contribution in [3.8, 4) is 5.75 Å². The third-order valence-electron chi connectivity index (χ3n) is 3.35. The molecule has 4 nitrogen and oxygen atoms in total. The van der Waals surface area contributed by atoms with Crippen molar-refractivity contribution in [3.05, 3.63) is 29.8 Å².